The maximum Gasteiger partial charge on any atom is 0.305 e. The van der Waals surface area contributed by atoms with E-state index >= 15 is 0 Å². The maximum atomic E-state index is 14.3. The van der Waals surface area contributed by atoms with E-state index in [1.54, 1.807) is 27.0 Å². The predicted octanol–water partition coefficient (Wildman–Crippen LogP) is 7.32. The zero-order valence-electron chi connectivity index (χ0n) is 28.0. The van der Waals surface area contributed by atoms with E-state index in [2.05, 4.69) is 12.2 Å². The van der Waals surface area contributed by atoms with Gasteiger partial charge in [0.25, 0.3) is 0 Å². The van der Waals surface area contributed by atoms with Crippen molar-refractivity contribution in [3.05, 3.63) is 22.0 Å². The van der Waals surface area contributed by atoms with E-state index in [1.165, 1.54) is 57.8 Å². The SMILES string of the molecule is CCCCCCCCCCCCSC1=C(S(=O)(=O)N(CCC)[C@H](CN[C@@H](CC(=O)O)C(=O)N2CCCC2)C(C)C)C=CCC1. The molecule has 1 fully saturated rings. The van der Waals surface area contributed by atoms with Crippen LogP contribution in [0.2, 0.25) is 0 Å². The second kappa shape index (κ2) is 21.4. The molecule has 10 heteroatoms. The molecular formula is C34H61N3O5S2. The van der Waals surface area contributed by atoms with E-state index < -0.39 is 28.1 Å². The Labute approximate surface area is 272 Å². The Morgan fingerprint density at radius 1 is 0.977 bits per heavy atom. The number of carbonyl (C=O) groups is 2. The highest BCUT2D eigenvalue weighted by molar-refractivity contribution is 8.04. The number of aliphatic carboxylic acids is 1. The number of nitrogens with one attached hydrogen (secondary N) is 1. The number of rotatable bonds is 24. The van der Waals surface area contributed by atoms with Crippen molar-refractivity contribution >= 4 is 33.7 Å². The van der Waals surface area contributed by atoms with Gasteiger partial charge in [0.1, 0.15) is 0 Å². The Bertz CT molecular complexity index is 1020. The lowest BCUT2D eigenvalue weighted by Crippen LogP contribution is -2.54. The summed E-state index contributed by atoms with van der Waals surface area (Å²) in [5.74, 6) is -0.360. The monoisotopic (exact) mass is 655 g/mol. The van der Waals surface area contributed by atoms with E-state index in [4.69, 9.17) is 0 Å². The lowest BCUT2D eigenvalue weighted by Gasteiger charge is -2.36. The topological polar surface area (TPSA) is 107 Å². The average molecular weight is 656 g/mol. The summed E-state index contributed by atoms with van der Waals surface area (Å²) in [7, 11) is -3.80. The Hall–Kier alpha value is -1.36. The molecule has 1 saturated heterocycles. The number of thioether (sulfide) groups is 1. The second-order valence-electron chi connectivity index (χ2n) is 12.8. The van der Waals surface area contributed by atoms with Gasteiger partial charge in [-0.05, 0) is 56.3 Å². The van der Waals surface area contributed by atoms with E-state index in [1.807, 2.05) is 26.8 Å². The molecule has 8 nitrogen and oxygen atoms in total. The Morgan fingerprint density at radius 3 is 2.16 bits per heavy atom. The maximum absolute atomic E-state index is 14.3. The van der Waals surface area contributed by atoms with Crippen molar-refractivity contribution in [2.24, 2.45) is 5.92 Å². The number of carboxylic acids is 1. The van der Waals surface area contributed by atoms with Crippen LogP contribution in [0.15, 0.2) is 22.0 Å². The van der Waals surface area contributed by atoms with Gasteiger partial charge in [0, 0.05) is 37.1 Å². The lowest BCUT2D eigenvalue weighted by atomic mass is 10.0. The third-order valence-corrected chi connectivity index (χ3v) is 12.1. The molecule has 0 radical (unpaired) electrons. The van der Waals surface area contributed by atoms with Gasteiger partial charge in [-0.25, -0.2) is 8.42 Å². The highest BCUT2D eigenvalue weighted by atomic mass is 32.2. The summed E-state index contributed by atoms with van der Waals surface area (Å²) < 4.78 is 30.2. The zero-order chi connectivity index (χ0) is 32.4. The summed E-state index contributed by atoms with van der Waals surface area (Å²) in [6, 6.07) is -1.29. The summed E-state index contributed by atoms with van der Waals surface area (Å²) in [4.78, 5) is 27.9. The first-order valence-corrected chi connectivity index (χ1v) is 19.8. The molecular weight excluding hydrogens is 595 g/mol. The molecule has 254 valence electrons. The number of nitrogens with zero attached hydrogens (tertiary/aromatic N) is 2. The predicted molar refractivity (Wildman–Crippen MR) is 184 cm³/mol. The number of likely N-dealkylation sites (tertiary alicyclic amines) is 1. The van der Waals surface area contributed by atoms with E-state index in [9.17, 15) is 23.1 Å². The van der Waals surface area contributed by atoms with Crippen LogP contribution in [-0.2, 0) is 19.6 Å². The fourth-order valence-electron chi connectivity index (χ4n) is 6.10. The van der Waals surface area contributed by atoms with Crippen molar-refractivity contribution in [3.63, 3.8) is 0 Å². The first-order valence-electron chi connectivity index (χ1n) is 17.4. The van der Waals surface area contributed by atoms with E-state index in [-0.39, 0.29) is 24.8 Å². The molecule has 2 N–H and O–H groups in total. The molecule has 1 amide bonds. The van der Waals surface area contributed by atoms with Crippen LogP contribution >= 0.6 is 11.8 Å². The molecule has 0 bridgehead atoms. The highest BCUT2D eigenvalue weighted by Gasteiger charge is 2.37. The van der Waals surface area contributed by atoms with Gasteiger partial charge < -0.3 is 15.3 Å². The number of sulfonamides is 1. The van der Waals surface area contributed by atoms with Gasteiger partial charge >= 0.3 is 5.97 Å². The minimum absolute atomic E-state index is 0.0351. The van der Waals surface area contributed by atoms with Crippen LogP contribution in [-0.4, -0.2) is 78.6 Å². The Kier molecular flexibility index (Phi) is 18.9. The fraction of sp³-hybridized carbons (Fsp3) is 0.824. The van der Waals surface area contributed by atoms with Crippen molar-refractivity contribution in [2.75, 3.05) is 31.9 Å². The smallest absolute Gasteiger partial charge is 0.305 e. The van der Waals surface area contributed by atoms with Crippen molar-refractivity contribution in [2.45, 2.75) is 143 Å². The van der Waals surface area contributed by atoms with Crippen LogP contribution in [0.4, 0.5) is 0 Å². The van der Waals surface area contributed by atoms with Gasteiger partial charge in [0.15, 0.2) is 0 Å². The van der Waals surface area contributed by atoms with Crippen molar-refractivity contribution in [3.8, 4) is 0 Å². The van der Waals surface area contributed by atoms with Crippen molar-refractivity contribution in [1.82, 2.24) is 14.5 Å². The van der Waals surface area contributed by atoms with Gasteiger partial charge in [0.05, 0.1) is 17.4 Å². The van der Waals surface area contributed by atoms with Gasteiger partial charge in [-0.15, -0.1) is 11.8 Å². The number of hydrogen-bond acceptors (Lipinski definition) is 6. The molecule has 0 saturated carbocycles. The number of carboxylic acid groups (broad SMARTS) is 1. The Morgan fingerprint density at radius 2 is 1.59 bits per heavy atom. The summed E-state index contributed by atoms with van der Waals surface area (Å²) in [5, 5.41) is 12.7. The largest absolute Gasteiger partial charge is 0.481 e. The summed E-state index contributed by atoms with van der Waals surface area (Å²) >= 11 is 1.70. The van der Waals surface area contributed by atoms with Crippen LogP contribution in [0, 0.1) is 5.92 Å². The summed E-state index contributed by atoms with van der Waals surface area (Å²) in [6.45, 7) is 10.1. The molecule has 0 unspecified atom stereocenters. The van der Waals surface area contributed by atoms with Crippen LogP contribution in [0.5, 0.6) is 0 Å². The molecule has 2 atom stereocenters. The fourth-order valence-corrected chi connectivity index (χ4v) is 9.67. The summed E-state index contributed by atoms with van der Waals surface area (Å²) in [6.07, 6.45) is 20.3. The lowest BCUT2D eigenvalue weighted by molar-refractivity contribution is -0.142. The molecule has 0 spiro atoms. The van der Waals surface area contributed by atoms with Gasteiger partial charge in [-0.1, -0.05) is 91.6 Å². The quantitative estimate of drug-likeness (QED) is 0.105. The number of carbonyl (C=O) groups excluding carboxylic acids is 1. The normalized spacial score (nSPS) is 17.2. The molecule has 1 aliphatic heterocycles. The summed E-state index contributed by atoms with van der Waals surface area (Å²) in [5.41, 5.74) is 0. The van der Waals surface area contributed by atoms with Gasteiger partial charge in [0.2, 0.25) is 15.9 Å². The van der Waals surface area contributed by atoms with E-state index in [0.29, 0.717) is 31.0 Å². The van der Waals surface area contributed by atoms with E-state index in [0.717, 1.165) is 42.8 Å². The third-order valence-electron chi connectivity index (χ3n) is 8.69. The molecule has 0 aromatic carbocycles. The highest BCUT2D eigenvalue weighted by Crippen LogP contribution is 2.35. The number of amides is 1. The minimum atomic E-state index is -3.80. The molecule has 1 heterocycles. The van der Waals surface area contributed by atoms with Crippen molar-refractivity contribution in [1.29, 1.82) is 0 Å². The van der Waals surface area contributed by atoms with Crippen LogP contribution in [0.1, 0.15) is 130 Å². The van der Waals surface area contributed by atoms with Crippen LogP contribution < -0.4 is 5.32 Å². The molecule has 2 rings (SSSR count). The minimum Gasteiger partial charge on any atom is -0.481 e. The first kappa shape index (κ1) is 38.8. The molecule has 2 aliphatic rings. The number of unbranched alkanes of at least 4 members (excludes halogenated alkanes) is 9. The zero-order valence-corrected chi connectivity index (χ0v) is 29.7. The van der Waals surface area contributed by atoms with Crippen LogP contribution in [0.3, 0.4) is 0 Å². The Balaban J connectivity index is 2.07. The van der Waals surface area contributed by atoms with Crippen LogP contribution in [0.25, 0.3) is 0 Å². The van der Waals surface area contributed by atoms with Crippen molar-refractivity contribution < 1.29 is 23.1 Å². The first-order chi connectivity index (χ1) is 21.1. The van der Waals surface area contributed by atoms with Gasteiger partial charge in [-0.3, -0.25) is 9.59 Å². The molecule has 0 aromatic rings. The molecule has 1 aliphatic carbocycles. The number of allylic oxidation sites excluding steroid dienone is 3. The second-order valence-corrected chi connectivity index (χ2v) is 15.8. The average Bonchev–Trinajstić information content (AvgIpc) is 3.53. The van der Waals surface area contributed by atoms with Gasteiger partial charge in [-0.2, -0.15) is 4.31 Å². The number of hydrogen-bond donors (Lipinski definition) is 2. The molecule has 44 heavy (non-hydrogen) atoms. The molecule has 0 aromatic heterocycles. The third kappa shape index (κ3) is 13.2. The standard InChI is InChI=1S/C34H61N3O5S2/c1-5-7-8-9-10-11-12-13-14-19-25-43-31-20-15-16-21-32(31)44(41,42)37(22-6-2)30(28(3)4)27-35-29(26-33(38)39)34(40)36-23-17-18-24-36/h16,21,28-30,35H,5-15,17-20,22-27H2,1-4H3,(H,38,39)/t29-,30+/m0/s1.